The fourth-order valence-electron chi connectivity index (χ4n) is 13.6. The average molecular weight is 1360 g/mol. The fraction of sp³-hybridized carbons (Fsp3) is 0.906. The highest BCUT2D eigenvalue weighted by Gasteiger charge is 2.44. The minimum atomic E-state index is -1.57. The quantitative estimate of drug-likeness (QED) is 0.0195. The van der Waals surface area contributed by atoms with Crippen LogP contribution in [0.5, 0.6) is 0 Å². The highest BCUT2D eigenvalue weighted by molar-refractivity contribution is 5.76. The summed E-state index contributed by atoms with van der Waals surface area (Å²) in [5, 5.41) is 54.7. The molecule has 11 nitrogen and oxygen atoms in total. The maximum atomic E-state index is 13.1. The van der Waals surface area contributed by atoms with E-state index in [0.717, 1.165) is 64.2 Å². The van der Waals surface area contributed by atoms with E-state index in [1.807, 2.05) is 6.08 Å². The molecule has 1 heterocycles. The molecule has 0 aromatic carbocycles. The molecule has 1 fully saturated rings. The minimum absolute atomic E-state index is 0.00429. The molecule has 1 aliphatic rings. The van der Waals surface area contributed by atoms with Gasteiger partial charge in [0.1, 0.15) is 24.4 Å². The Balaban J connectivity index is 1.88. The van der Waals surface area contributed by atoms with Crippen molar-refractivity contribution in [2.24, 2.45) is 0 Å². The van der Waals surface area contributed by atoms with Crippen molar-refractivity contribution in [2.45, 2.75) is 474 Å². The predicted octanol–water partition coefficient (Wildman–Crippen LogP) is 23.3. The van der Waals surface area contributed by atoms with Crippen LogP contribution >= 0.6 is 0 Å². The number of hydrogen-bond acceptors (Lipinski definition) is 10. The van der Waals surface area contributed by atoms with Crippen LogP contribution in [0.3, 0.4) is 0 Å². The Labute approximate surface area is 594 Å². The molecule has 0 spiro atoms. The SMILES string of the molecule is CCCC/C=C\C/C=C\CCCCCCCC(=O)OCCCCCCCCCCCCCCCCCCCCCCCCCCCCCCCCCCCCCCCCCC(=O)NC(COC1OC(CO)C(O)C(O)C1O)C(O)/C=C/CCCCCCCCCCCCCCC. The van der Waals surface area contributed by atoms with Crippen LogP contribution in [-0.4, -0.2) is 100 Å². The lowest BCUT2D eigenvalue weighted by atomic mass is 9.99. The molecule has 6 N–H and O–H groups in total. The van der Waals surface area contributed by atoms with E-state index >= 15 is 0 Å². The molecule has 0 saturated carbocycles. The third-order valence-corrected chi connectivity index (χ3v) is 20.2. The third kappa shape index (κ3) is 61.7. The smallest absolute Gasteiger partial charge is 0.305 e. The Morgan fingerprint density at radius 2 is 0.708 bits per heavy atom. The number of allylic oxidation sites excluding steroid dienone is 5. The summed E-state index contributed by atoms with van der Waals surface area (Å²) in [5.74, 6) is -0.168. The Hall–Kier alpha value is -2.12. The zero-order chi connectivity index (χ0) is 69.4. The molecule has 0 aromatic heterocycles. The molecule has 1 amide bonds. The predicted molar refractivity (Wildman–Crippen MR) is 407 cm³/mol. The van der Waals surface area contributed by atoms with Crippen molar-refractivity contribution in [3.63, 3.8) is 0 Å². The van der Waals surface area contributed by atoms with Crippen molar-refractivity contribution in [3.8, 4) is 0 Å². The van der Waals surface area contributed by atoms with Crippen LogP contribution in [0, 0.1) is 0 Å². The van der Waals surface area contributed by atoms with E-state index in [2.05, 4.69) is 43.5 Å². The largest absolute Gasteiger partial charge is 0.466 e. The van der Waals surface area contributed by atoms with Crippen LogP contribution in [0.15, 0.2) is 36.5 Å². The summed E-state index contributed by atoms with van der Waals surface area (Å²) in [6.07, 6.45) is 87.6. The van der Waals surface area contributed by atoms with Crippen molar-refractivity contribution in [2.75, 3.05) is 19.8 Å². The third-order valence-electron chi connectivity index (χ3n) is 20.2. The number of ether oxygens (including phenoxy) is 3. The number of unbranched alkanes of at least 4 members (excludes halogenated alkanes) is 58. The second-order valence-electron chi connectivity index (χ2n) is 29.5. The van der Waals surface area contributed by atoms with Gasteiger partial charge in [-0.3, -0.25) is 9.59 Å². The Morgan fingerprint density at radius 3 is 1.08 bits per heavy atom. The van der Waals surface area contributed by atoms with Gasteiger partial charge in [-0.2, -0.15) is 0 Å². The van der Waals surface area contributed by atoms with Gasteiger partial charge in [-0.1, -0.05) is 397 Å². The summed E-state index contributed by atoms with van der Waals surface area (Å²) in [7, 11) is 0. The van der Waals surface area contributed by atoms with Crippen LogP contribution in [0.1, 0.15) is 431 Å². The Bertz CT molecular complexity index is 1690. The van der Waals surface area contributed by atoms with Crippen LogP contribution < -0.4 is 5.32 Å². The van der Waals surface area contributed by atoms with E-state index in [-0.39, 0.29) is 18.5 Å². The molecular formula is C85H161NO10. The lowest BCUT2D eigenvalue weighted by Gasteiger charge is -2.40. The standard InChI is InChI=1S/C85H161NO10/c1-3-5-7-9-11-13-15-17-44-47-51-55-59-63-67-71-78(88)77(76-95-85-84(93)83(92)82(91)79(75-87)96-85)86-80(89)72-68-64-60-56-52-48-45-42-40-38-36-34-32-30-28-26-24-22-20-19-21-23-25-27-29-31-33-35-37-39-41-43-46-50-54-58-62-66-70-74-94-81(90)73-69-65-61-57-53-49-18-16-14-12-10-8-6-4-2/h10,12,16,18,67,71,77-79,82-85,87-88,91-93H,3-9,11,13-15,17,19-66,68-70,72-76H2,1-2H3,(H,86,89)/b12-10-,18-16-,71-67+. The van der Waals surface area contributed by atoms with Gasteiger partial charge in [0.05, 0.1) is 32.0 Å². The van der Waals surface area contributed by atoms with Crippen LogP contribution in [0.4, 0.5) is 0 Å². The van der Waals surface area contributed by atoms with Crippen molar-refractivity contribution < 1.29 is 49.3 Å². The summed E-state index contributed by atoms with van der Waals surface area (Å²) < 4.78 is 16.8. The van der Waals surface area contributed by atoms with Gasteiger partial charge in [-0.05, 0) is 57.8 Å². The van der Waals surface area contributed by atoms with E-state index in [1.54, 1.807) is 6.08 Å². The van der Waals surface area contributed by atoms with E-state index in [1.165, 1.54) is 340 Å². The summed E-state index contributed by atoms with van der Waals surface area (Å²) in [6.45, 7) is 4.36. The van der Waals surface area contributed by atoms with E-state index in [0.29, 0.717) is 19.4 Å². The summed E-state index contributed by atoms with van der Waals surface area (Å²) in [5.41, 5.74) is 0. The van der Waals surface area contributed by atoms with Crippen molar-refractivity contribution in [1.82, 2.24) is 5.32 Å². The first-order valence-corrected chi connectivity index (χ1v) is 42.3. The van der Waals surface area contributed by atoms with Crippen LogP contribution in [0.2, 0.25) is 0 Å². The first-order chi connectivity index (χ1) is 47.2. The second kappa shape index (κ2) is 74.1. The molecule has 1 saturated heterocycles. The second-order valence-corrected chi connectivity index (χ2v) is 29.5. The number of aliphatic hydroxyl groups is 5. The Morgan fingerprint density at radius 1 is 0.385 bits per heavy atom. The maximum Gasteiger partial charge on any atom is 0.305 e. The lowest BCUT2D eigenvalue weighted by molar-refractivity contribution is -0.302. The number of rotatable bonds is 76. The van der Waals surface area contributed by atoms with Gasteiger partial charge in [0.15, 0.2) is 6.29 Å². The first kappa shape index (κ1) is 91.9. The van der Waals surface area contributed by atoms with Crippen molar-refractivity contribution in [1.29, 1.82) is 0 Å². The molecule has 0 aromatic rings. The van der Waals surface area contributed by atoms with E-state index in [4.69, 9.17) is 14.2 Å². The number of amides is 1. The highest BCUT2D eigenvalue weighted by atomic mass is 16.7. The number of esters is 1. The fourth-order valence-corrected chi connectivity index (χ4v) is 13.6. The monoisotopic (exact) mass is 1360 g/mol. The van der Waals surface area contributed by atoms with Gasteiger partial charge >= 0.3 is 5.97 Å². The molecule has 7 unspecified atom stereocenters. The average Bonchev–Trinajstić information content (AvgIpc) is 1.45. The summed E-state index contributed by atoms with van der Waals surface area (Å²) in [4.78, 5) is 25.2. The van der Waals surface area contributed by atoms with Gasteiger partial charge in [0.25, 0.3) is 0 Å². The van der Waals surface area contributed by atoms with Gasteiger partial charge < -0.3 is 45.1 Å². The first-order valence-electron chi connectivity index (χ1n) is 42.3. The zero-order valence-electron chi connectivity index (χ0n) is 63.4. The number of hydrogen-bond donors (Lipinski definition) is 6. The molecule has 566 valence electrons. The normalized spacial score (nSPS) is 17.4. The van der Waals surface area contributed by atoms with Crippen molar-refractivity contribution in [3.05, 3.63) is 36.5 Å². The maximum absolute atomic E-state index is 13.1. The summed E-state index contributed by atoms with van der Waals surface area (Å²) >= 11 is 0. The molecule has 11 heteroatoms. The Kier molecular flexibility index (Phi) is 70.9. The zero-order valence-corrected chi connectivity index (χ0v) is 63.4. The van der Waals surface area contributed by atoms with Gasteiger partial charge in [-0.25, -0.2) is 0 Å². The topological polar surface area (TPSA) is 175 Å². The van der Waals surface area contributed by atoms with E-state index in [9.17, 15) is 35.1 Å². The number of carbonyl (C=O) groups excluding carboxylic acids is 2. The molecular weight excluding hydrogens is 1190 g/mol. The minimum Gasteiger partial charge on any atom is -0.466 e. The lowest BCUT2D eigenvalue weighted by Crippen LogP contribution is -2.60. The number of aliphatic hydroxyl groups excluding tert-OH is 5. The molecule has 96 heavy (non-hydrogen) atoms. The molecule has 7 atom stereocenters. The van der Waals surface area contributed by atoms with Crippen molar-refractivity contribution >= 4 is 11.9 Å². The molecule has 1 rings (SSSR count). The van der Waals surface area contributed by atoms with Crippen LogP contribution in [0.25, 0.3) is 0 Å². The van der Waals surface area contributed by atoms with Gasteiger partial charge in [0.2, 0.25) is 5.91 Å². The number of carbonyl (C=O) groups is 2. The van der Waals surface area contributed by atoms with Gasteiger partial charge in [0, 0.05) is 12.8 Å². The summed E-state index contributed by atoms with van der Waals surface area (Å²) in [6, 6.07) is -0.806. The van der Waals surface area contributed by atoms with Crippen LogP contribution in [-0.2, 0) is 23.8 Å². The molecule has 0 aliphatic carbocycles. The molecule has 0 bridgehead atoms. The van der Waals surface area contributed by atoms with Gasteiger partial charge in [-0.15, -0.1) is 0 Å². The highest BCUT2D eigenvalue weighted by Crippen LogP contribution is 2.24. The molecule has 0 radical (unpaired) electrons. The molecule has 1 aliphatic heterocycles. The number of nitrogens with one attached hydrogen (secondary N) is 1. The van der Waals surface area contributed by atoms with E-state index < -0.39 is 49.5 Å².